The molecule has 3 N–H and O–H groups in total. The summed E-state index contributed by atoms with van der Waals surface area (Å²) in [6.45, 7) is 3.79. The van der Waals surface area contributed by atoms with Gasteiger partial charge in [-0.3, -0.25) is 14.4 Å². The molecule has 15 heteroatoms. The molecule has 0 spiro atoms. The highest BCUT2D eigenvalue weighted by Crippen LogP contribution is 2.48. The molecule has 1 saturated heterocycles. The molecule has 270 valence electrons. The third-order valence-electron chi connectivity index (χ3n) is 10.5. The first-order chi connectivity index (χ1) is 23.8. The first kappa shape index (κ1) is 35.4. The number of carbonyl (C=O) groups excluding carboxylic acids is 3. The molecule has 0 radical (unpaired) electrons. The van der Waals surface area contributed by atoms with Gasteiger partial charge in [-0.05, 0) is 56.4 Å². The lowest BCUT2D eigenvalue weighted by atomic mass is 9.88. The van der Waals surface area contributed by atoms with Gasteiger partial charge in [0, 0.05) is 30.2 Å². The minimum absolute atomic E-state index is 0.0190. The Morgan fingerprint density at radius 3 is 2.52 bits per heavy atom. The predicted octanol–water partition coefficient (Wildman–Crippen LogP) is 3.07. The van der Waals surface area contributed by atoms with Crippen molar-refractivity contribution in [3.63, 3.8) is 0 Å². The average Bonchev–Trinajstić information content (AvgIpc) is 4.01. The number of hydrogen-bond donors (Lipinski definition) is 3. The monoisotopic (exact) mass is 711 g/mol. The van der Waals surface area contributed by atoms with Crippen molar-refractivity contribution in [3.8, 4) is 11.6 Å². The number of aromatic nitrogens is 1. The molecule has 2 aliphatic heterocycles. The van der Waals surface area contributed by atoms with E-state index < -0.39 is 74.7 Å². The molecule has 0 bridgehead atoms. The maximum absolute atomic E-state index is 14.3. The number of rotatable bonds is 7. The van der Waals surface area contributed by atoms with Crippen LogP contribution in [0.15, 0.2) is 42.6 Å². The van der Waals surface area contributed by atoms with E-state index >= 15 is 0 Å². The lowest BCUT2D eigenvalue weighted by Gasteiger charge is -2.32. The van der Waals surface area contributed by atoms with E-state index in [1.165, 1.54) is 25.3 Å². The molecule has 7 atom stereocenters. The summed E-state index contributed by atoms with van der Waals surface area (Å²) < 4.78 is 38.8. The van der Waals surface area contributed by atoms with Crippen LogP contribution in [0.2, 0.25) is 0 Å². The smallest absolute Gasteiger partial charge is 0.405 e. The summed E-state index contributed by atoms with van der Waals surface area (Å²) in [5, 5.41) is 15.8. The van der Waals surface area contributed by atoms with Crippen molar-refractivity contribution < 1.29 is 42.2 Å². The van der Waals surface area contributed by atoms with Crippen LogP contribution in [-0.2, 0) is 24.4 Å². The summed E-state index contributed by atoms with van der Waals surface area (Å²) in [4.78, 5) is 60.4. The molecular weight excluding hydrogens is 666 g/mol. The quantitative estimate of drug-likeness (QED) is 0.361. The average molecular weight is 712 g/mol. The summed E-state index contributed by atoms with van der Waals surface area (Å²) >= 11 is 0. The minimum atomic E-state index is -3.89. The molecule has 1 aromatic carbocycles. The van der Waals surface area contributed by atoms with E-state index in [0.29, 0.717) is 36.8 Å². The Morgan fingerprint density at radius 1 is 1.12 bits per heavy atom. The number of pyridine rings is 1. The highest BCUT2D eigenvalue weighted by molar-refractivity contribution is 7.90. The molecule has 3 heterocycles. The highest BCUT2D eigenvalue weighted by atomic mass is 32.2. The van der Waals surface area contributed by atoms with Gasteiger partial charge in [-0.1, -0.05) is 44.2 Å². The van der Waals surface area contributed by atoms with Crippen LogP contribution < -0.4 is 20.1 Å². The van der Waals surface area contributed by atoms with Gasteiger partial charge >= 0.3 is 6.09 Å². The maximum Gasteiger partial charge on any atom is 0.405 e. The summed E-state index contributed by atoms with van der Waals surface area (Å²) in [6.07, 6.45) is 6.38. The van der Waals surface area contributed by atoms with Crippen molar-refractivity contribution in [3.05, 3.63) is 42.6 Å². The topological polar surface area (TPSA) is 185 Å². The second-order valence-electron chi connectivity index (χ2n) is 14.2. The first-order valence-corrected chi connectivity index (χ1v) is 18.7. The predicted molar refractivity (Wildman–Crippen MR) is 183 cm³/mol. The first-order valence-electron chi connectivity index (χ1n) is 17.2. The molecular formula is C35H45N5O9S. The fourth-order valence-corrected chi connectivity index (χ4v) is 9.04. The van der Waals surface area contributed by atoms with Gasteiger partial charge in [0.1, 0.15) is 29.5 Å². The molecule has 6 rings (SSSR count). The number of carbonyl (C=O) groups is 4. The summed E-state index contributed by atoms with van der Waals surface area (Å²) in [6, 6.07) is 5.07. The summed E-state index contributed by atoms with van der Waals surface area (Å²) in [7, 11) is -1.12. The van der Waals surface area contributed by atoms with E-state index in [-0.39, 0.29) is 31.2 Å². The molecule has 3 fully saturated rings. The van der Waals surface area contributed by atoms with Gasteiger partial charge in [-0.25, -0.2) is 22.5 Å². The van der Waals surface area contributed by atoms with Gasteiger partial charge in [0.25, 0.3) is 5.91 Å². The third kappa shape index (κ3) is 6.83. The Hall–Kier alpha value is -4.40. The molecule has 2 aromatic rings. The lowest BCUT2D eigenvalue weighted by molar-refractivity contribution is -0.142. The van der Waals surface area contributed by atoms with Gasteiger partial charge < -0.3 is 30.1 Å². The minimum Gasteiger partial charge on any atom is -0.494 e. The fourth-order valence-electron chi connectivity index (χ4n) is 7.47. The zero-order valence-electron chi connectivity index (χ0n) is 28.7. The van der Waals surface area contributed by atoms with Crippen molar-refractivity contribution in [1.82, 2.24) is 24.8 Å². The molecule has 2 aliphatic carbocycles. The van der Waals surface area contributed by atoms with Crippen LogP contribution in [0.3, 0.4) is 0 Å². The summed E-state index contributed by atoms with van der Waals surface area (Å²) in [5.74, 6) is -1.85. The zero-order chi connectivity index (χ0) is 36.0. The number of nitrogens with one attached hydrogen (secondary N) is 2. The second kappa shape index (κ2) is 13.7. The van der Waals surface area contributed by atoms with E-state index in [2.05, 4.69) is 15.6 Å². The number of benzene rings is 1. The Bertz CT molecular complexity index is 1810. The Balaban J connectivity index is 1.35. The van der Waals surface area contributed by atoms with Crippen LogP contribution in [0, 0.1) is 17.8 Å². The number of carboxylic acid groups (broad SMARTS) is 1. The van der Waals surface area contributed by atoms with Gasteiger partial charge in [0.15, 0.2) is 0 Å². The number of hydrogen-bond acceptors (Lipinski definition) is 9. The van der Waals surface area contributed by atoms with Gasteiger partial charge in [0.2, 0.25) is 27.7 Å². The van der Waals surface area contributed by atoms with Crippen LogP contribution >= 0.6 is 0 Å². The second-order valence-corrected chi connectivity index (χ2v) is 16.4. The van der Waals surface area contributed by atoms with Crippen LogP contribution in [0.5, 0.6) is 11.6 Å². The zero-order valence-corrected chi connectivity index (χ0v) is 29.5. The van der Waals surface area contributed by atoms with Crippen molar-refractivity contribution in [1.29, 1.82) is 0 Å². The lowest BCUT2D eigenvalue weighted by Crippen LogP contribution is -2.59. The number of amides is 4. The number of fused-ring (bicyclic) bond motifs is 3. The van der Waals surface area contributed by atoms with Crippen LogP contribution in [0.4, 0.5) is 4.79 Å². The van der Waals surface area contributed by atoms with Crippen molar-refractivity contribution in [2.75, 3.05) is 20.7 Å². The fraction of sp³-hybridized carbons (Fsp3) is 0.571. The largest absolute Gasteiger partial charge is 0.494 e. The van der Waals surface area contributed by atoms with E-state index in [1.807, 2.05) is 50.3 Å². The molecule has 14 nitrogen and oxygen atoms in total. The SMILES string of the molecule is COc1cnc(O[C@@H]2C[C@H]3C(=O)N[C@]4(C(=O)N(C)S(=O)(=O)C5CC5)C[C@H]4C=CCC[C@@H](C)C[C@@H](C)[C@H](NC(=O)O)C(=O)N3C2)c2ccccc12. The number of sulfonamides is 1. The molecule has 0 unspecified atom stereocenters. The number of likely N-dealkylation sites (N-methyl/N-ethyl adjacent to an activating group) is 1. The van der Waals surface area contributed by atoms with E-state index in [9.17, 15) is 32.7 Å². The highest BCUT2D eigenvalue weighted by Gasteiger charge is 2.63. The Morgan fingerprint density at radius 2 is 1.84 bits per heavy atom. The van der Waals surface area contributed by atoms with Crippen LogP contribution in [0.1, 0.15) is 58.8 Å². The number of ether oxygens (including phenoxy) is 2. The van der Waals surface area contributed by atoms with Crippen LogP contribution in [-0.4, -0.2) is 101 Å². The number of allylic oxidation sites excluding steroid dienone is 1. The number of nitrogens with zero attached hydrogens (tertiary/aromatic N) is 3. The van der Waals surface area contributed by atoms with Gasteiger partial charge in [0.05, 0.1) is 25.1 Å². The molecule has 4 aliphatic rings. The van der Waals surface area contributed by atoms with E-state index in [4.69, 9.17) is 9.47 Å². The standard InChI is InChI=1S/C35H45N5O9S/c1-20-9-5-6-10-22-17-35(22,33(43)39(3)50(46,47)24-13-14-24)38-30(41)27-16-23(19-40(27)32(42)29(21(2)15-20)37-34(44)45)49-31-26-12-8-7-11-25(26)28(48-4)18-36-31/h6-8,10-12,18,20-24,27,29,37H,5,9,13-17,19H2,1-4H3,(H,38,41)(H,44,45)/t20-,21-,22-,23-,27+,29+,35-/m1/s1. The van der Waals surface area contributed by atoms with Crippen molar-refractivity contribution in [2.24, 2.45) is 17.8 Å². The number of methoxy groups -OCH3 is 1. The van der Waals surface area contributed by atoms with Crippen LogP contribution in [0.25, 0.3) is 10.8 Å². The molecule has 2 saturated carbocycles. The van der Waals surface area contributed by atoms with E-state index in [1.54, 1.807) is 0 Å². The van der Waals surface area contributed by atoms with Gasteiger partial charge in [-0.2, -0.15) is 0 Å². The Labute approximate surface area is 291 Å². The molecule has 50 heavy (non-hydrogen) atoms. The van der Waals surface area contributed by atoms with Crippen molar-refractivity contribution in [2.45, 2.75) is 87.8 Å². The Kier molecular flexibility index (Phi) is 9.72. The van der Waals surface area contributed by atoms with Gasteiger partial charge in [-0.15, -0.1) is 0 Å². The normalized spacial score (nSPS) is 30.3. The third-order valence-corrected chi connectivity index (χ3v) is 12.8. The van der Waals surface area contributed by atoms with E-state index in [0.717, 1.165) is 16.1 Å². The maximum atomic E-state index is 14.3. The molecule has 1 aromatic heterocycles. The van der Waals surface area contributed by atoms with Crippen molar-refractivity contribution >= 4 is 44.6 Å². The molecule has 4 amide bonds. The summed E-state index contributed by atoms with van der Waals surface area (Å²) in [5.41, 5.74) is -1.51.